The van der Waals surface area contributed by atoms with Crippen LogP contribution in [0.25, 0.3) is 0 Å². The highest BCUT2D eigenvalue weighted by atomic mass is 16.5. The summed E-state index contributed by atoms with van der Waals surface area (Å²) >= 11 is 0. The van der Waals surface area contributed by atoms with Gasteiger partial charge in [-0.2, -0.15) is 0 Å². The van der Waals surface area contributed by atoms with Crippen molar-refractivity contribution in [2.45, 2.75) is 19.9 Å². The van der Waals surface area contributed by atoms with E-state index in [1.165, 1.54) is 5.69 Å². The quantitative estimate of drug-likeness (QED) is 0.785. The number of nitrogens with zero attached hydrogens (tertiary/aromatic N) is 3. The predicted molar refractivity (Wildman–Crippen MR) is 111 cm³/mol. The molecule has 0 aromatic heterocycles. The lowest BCUT2D eigenvalue weighted by Gasteiger charge is -2.39. The first-order valence-corrected chi connectivity index (χ1v) is 9.63. The van der Waals surface area contributed by atoms with Crippen LogP contribution in [0.1, 0.15) is 13.8 Å². The van der Waals surface area contributed by atoms with Gasteiger partial charge in [0.15, 0.2) is 0 Å². The van der Waals surface area contributed by atoms with Gasteiger partial charge in [-0.1, -0.05) is 18.2 Å². The van der Waals surface area contributed by atoms with E-state index in [4.69, 9.17) is 4.74 Å². The molecule has 2 aromatic carbocycles. The van der Waals surface area contributed by atoms with Crippen molar-refractivity contribution in [3.63, 3.8) is 0 Å². The van der Waals surface area contributed by atoms with Gasteiger partial charge in [-0.25, -0.2) is 0 Å². The largest absolute Gasteiger partial charge is 0.497 e. The van der Waals surface area contributed by atoms with E-state index < -0.39 is 0 Å². The normalized spacial score (nSPS) is 16.0. The van der Waals surface area contributed by atoms with Crippen molar-refractivity contribution < 1.29 is 9.53 Å². The minimum absolute atomic E-state index is 0.122. The summed E-state index contributed by atoms with van der Waals surface area (Å²) in [6, 6.07) is 18.0. The Labute approximate surface area is 162 Å². The monoisotopic (exact) mass is 367 g/mol. The summed E-state index contributed by atoms with van der Waals surface area (Å²) in [5.41, 5.74) is 2.17. The topological polar surface area (TPSA) is 36.0 Å². The summed E-state index contributed by atoms with van der Waals surface area (Å²) < 4.78 is 5.23. The van der Waals surface area contributed by atoms with E-state index in [-0.39, 0.29) is 11.9 Å². The Hall–Kier alpha value is -2.53. The van der Waals surface area contributed by atoms with Crippen LogP contribution in [-0.2, 0) is 4.79 Å². The van der Waals surface area contributed by atoms with Gasteiger partial charge in [-0.05, 0) is 50.2 Å². The van der Waals surface area contributed by atoms with Crippen molar-refractivity contribution >= 4 is 17.3 Å². The maximum atomic E-state index is 13.1. The highest BCUT2D eigenvalue weighted by Crippen LogP contribution is 2.22. The molecule has 0 unspecified atom stereocenters. The molecule has 5 heteroatoms. The van der Waals surface area contributed by atoms with Crippen molar-refractivity contribution in [1.82, 2.24) is 4.90 Å². The van der Waals surface area contributed by atoms with Crippen molar-refractivity contribution in [2.24, 2.45) is 0 Å². The standard InChI is InChI=1S/C22H29N3O2/c1-4-25(20-8-6-5-7-9-20)22(26)18(2)23-14-16-24(17-15-23)19-10-12-21(27-3)13-11-19/h5-13,18H,4,14-17H2,1-3H3/t18-/m0/s1. The average Bonchev–Trinajstić information content (AvgIpc) is 2.74. The van der Waals surface area contributed by atoms with Crippen LogP contribution in [-0.4, -0.2) is 56.7 Å². The number of hydrogen-bond donors (Lipinski definition) is 0. The predicted octanol–water partition coefficient (Wildman–Crippen LogP) is 3.26. The number of anilines is 2. The Kier molecular flexibility index (Phi) is 6.35. The van der Waals surface area contributed by atoms with Gasteiger partial charge in [-0.3, -0.25) is 9.69 Å². The first kappa shape index (κ1) is 19.2. The van der Waals surface area contributed by atoms with Crippen LogP contribution in [0, 0.1) is 0 Å². The van der Waals surface area contributed by atoms with E-state index in [1.807, 2.05) is 61.2 Å². The summed E-state index contributed by atoms with van der Waals surface area (Å²) in [7, 11) is 1.68. The third kappa shape index (κ3) is 4.42. The molecule has 1 aliphatic heterocycles. The molecule has 1 aliphatic rings. The highest BCUT2D eigenvalue weighted by Gasteiger charge is 2.28. The fourth-order valence-corrected chi connectivity index (χ4v) is 3.62. The van der Waals surface area contributed by atoms with Gasteiger partial charge in [0, 0.05) is 44.1 Å². The molecule has 144 valence electrons. The molecule has 2 aromatic rings. The number of methoxy groups -OCH3 is 1. The third-order valence-corrected chi connectivity index (χ3v) is 5.31. The molecule has 0 N–H and O–H groups in total. The van der Waals surface area contributed by atoms with Gasteiger partial charge in [0.25, 0.3) is 0 Å². The lowest BCUT2D eigenvalue weighted by molar-refractivity contribution is -0.123. The SMILES string of the molecule is CCN(C(=O)[C@H](C)N1CCN(c2ccc(OC)cc2)CC1)c1ccccc1. The number of likely N-dealkylation sites (N-methyl/N-ethyl adjacent to an activating group) is 1. The zero-order valence-corrected chi connectivity index (χ0v) is 16.5. The molecular weight excluding hydrogens is 338 g/mol. The van der Waals surface area contributed by atoms with Crippen LogP contribution in [0.2, 0.25) is 0 Å². The Morgan fingerprint density at radius 1 is 1.04 bits per heavy atom. The van der Waals surface area contributed by atoms with Crippen molar-refractivity contribution in [3.05, 3.63) is 54.6 Å². The molecule has 1 saturated heterocycles. The first-order valence-electron chi connectivity index (χ1n) is 9.63. The lowest BCUT2D eigenvalue weighted by Crippen LogP contribution is -2.54. The molecule has 1 fully saturated rings. The zero-order valence-electron chi connectivity index (χ0n) is 16.5. The molecule has 0 saturated carbocycles. The van der Waals surface area contributed by atoms with E-state index in [0.717, 1.165) is 37.6 Å². The number of carbonyl (C=O) groups is 1. The molecule has 27 heavy (non-hydrogen) atoms. The number of carbonyl (C=O) groups excluding carboxylic acids is 1. The van der Waals surface area contributed by atoms with Crippen molar-refractivity contribution in [2.75, 3.05) is 49.6 Å². The Balaban J connectivity index is 1.60. The molecule has 0 bridgehead atoms. The second-order valence-electron chi connectivity index (χ2n) is 6.82. The van der Waals surface area contributed by atoms with E-state index in [9.17, 15) is 4.79 Å². The van der Waals surface area contributed by atoms with Crippen LogP contribution < -0.4 is 14.5 Å². The van der Waals surface area contributed by atoms with Crippen LogP contribution in [0.3, 0.4) is 0 Å². The Morgan fingerprint density at radius 2 is 1.67 bits per heavy atom. The summed E-state index contributed by atoms with van der Waals surface area (Å²) in [4.78, 5) is 19.6. The molecule has 0 aliphatic carbocycles. The molecular formula is C22H29N3O2. The fraction of sp³-hybridized carbons (Fsp3) is 0.409. The smallest absolute Gasteiger partial charge is 0.244 e. The minimum Gasteiger partial charge on any atom is -0.497 e. The van der Waals surface area contributed by atoms with Crippen LogP contribution >= 0.6 is 0 Å². The molecule has 1 atom stereocenters. The second-order valence-corrected chi connectivity index (χ2v) is 6.82. The Morgan fingerprint density at radius 3 is 2.22 bits per heavy atom. The third-order valence-electron chi connectivity index (χ3n) is 5.31. The zero-order chi connectivity index (χ0) is 19.2. The highest BCUT2D eigenvalue weighted by molar-refractivity contribution is 5.96. The molecule has 1 amide bonds. The molecule has 0 radical (unpaired) electrons. The van der Waals surface area contributed by atoms with Gasteiger partial charge >= 0.3 is 0 Å². The second kappa shape index (κ2) is 8.91. The average molecular weight is 367 g/mol. The number of benzene rings is 2. The maximum absolute atomic E-state index is 13.1. The van der Waals surface area contributed by atoms with Crippen molar-refractivity contribution in [1.29, 1.82) is 0 Å². The Bertz CT molecular complexity index is 725. The van der Waals surface area contributed by atoms with E-state index in [0.29, 0.717) is 6.54 Å². The van der Waals surface area contributed by atoms with E-state index in [1.54, 1.807) is 7.11 Å². The van der Waals surface area contributed by atoms with Gasteiger partial charge in [0.2, 0.25) is 5.91 Å². The summed E-state index contributed by atoms with van der Waals surface area (Å²) in [5, 5.41) is 0. The molecule has 3 rings (SSSR count). The number of amides is 1. The molecule has 0 spiro atoms. The van der Waals surface area contributed by atoms with Crippen LogP contribution in [0.15, 0.2) is 54.6 Å². The van der Waals surface area contributed by atoms with Crippen LogP contribution in [0.5, 0.6) is 5.75 Å². The number of hydrogen-bond acceptors (Lipinski definition) is 4. The molecule has 1 heterocycles. The van der Waals surface area contributed by atoms with Crippen LogP contribution in [0.4, 0.5) is 11.4 Å². The van der Waals surface area contributed by atoms with Gasteiger partial charge in [0.05, 0.1) is 13.2 Å². The molecule has 5 nitrogen and oxygen atoms in total. The summed E-state index contributed by atoms with van der Waals surface area (Å²) in [5.74, 6) is 1.04. The van der Waals surface area contributed by atoms with Gasteiger partial charge in [0.1, 0.15) is 5.75 Å². The summed E-state index contributed by atoms with van der Waals surface area (Å²) in [6.07, 6.45) is 0. The number of rotatable bonds is 6. The van der Waals surface area contributed by atoms with Gasteiger partial charge < -0.3 is 14.5 Å². The summed E-state index contributed by atoms with van der Waals surface area (Å²) in [6.45, 7) is 8.33. The fourth-order valence-electron chi connectivity index (χ4n) is 3.62. The number of ether oxygens (including phenoxy) is 1. The number of para-hydroxylation sites is 1. The first-order chi connectivity index (χ1) is 13.1. The minimum atomic E-state index is -0.122. The van der Waals surface area contributed by atoms with Crippen molar-refractivity contribution in [3.8, 4) is 5.75 Å². The van der Waals surface area contributed by atoms with E-state index in [2.05, 4.69) is 21.9 Å². The lowest BCUT2D eigenvalue weighted by atomic mass is 10.1. The van der Waals surface area contributed by atoms with Gasteiger partial charge in [-0.15, -0.1) is 0 Å². The van der Waals surface area contributed by atoms with E-state index >= 15 is 0 Å². The maximum Gasteiger partial charge on any atom is 0.244 e. The number of piperazine rings is 1.